The van der Waals surface area contributed by atoms with Crippen LogP contribution in [0.15, 0.2) is 42.5 Å². The first-order valence-corrected chi connectivity index (χ1v) is 9.61. The molecule has 0 radical (unpaired) electrons. The quantitative estimate of drug-likeness (QED) is 0.782. The normalized spacial score (nSPS) is 14.6. The fourth-order valence-electron chi connectivity index (χ4n) is 3.56. The third-order valence-electron chi connectivity index (χ3n) is 5.27. The van der Waals surface area contributed by atoms with Gasteiger partial charge in [-0.2, -0.15) is 0 Å². The number of likely N-dealkylation sites (tertiary alicyclic amines) is 1. The van der Waals surface area contributed by atoms with Crippen molar-refractivity contribution in [3.05, 3.63) is 53.8 Å². The third kappa shape index (κ3) is 5.15. The van der Waals surface area contributed by atoms with Crippen LogP contribution in [0.4, 0.5) is 14.9 Å². The number of nitrogens with one attached hydrogen (secondary N) is 1. The molecule has 1 saturated heterocycles. The molecule has 1 fully saturated rings. The van der Waals surface area contributed by atoms with Gasteiger partial charge >= 0.3 is 6.03 Å². The lowest BCUT2D eigenvalue weighted by molar-refractivity contribution is 0.180. The largest absolute Gasteiger partial charge is 0.497 e. The number of aryl methyl sites for hydroxylation is 1. The number of benzene rings is 2. The number of hydrogen-bond acceptors (Lipinski definition) is 3. The van der Waals surface area contributed by atoms with Crippen LogP contribution in [-0.4, -0.2) is 38.2 Å². The van der Waals surface area contributed by atoms with E-state index >= 15 is 0 Å². The van der Waals surface area contributed by atoms with Gasteiger partial charge in [-0.05, 0) is 61.4 Å². The Balaban J connectivity index is 1.48. The summed E-state index contributed by atoms with van der Waals surface area (Å²) in [6, 6.07) is 11.9. The first-order chi connectivity index (χ1) is 13.6. The van der Waals surface area contributed by atoms with Crippen molar-refractivity contribution in [1.82, 2.24) is 4.90 Å². The van der Waals surface area contributed by atoms with Crippen LogP contribution < -0.4 is 14.8 Å². The van der Waals surface area contributed by atoms with E-state index in [-0.39, 0.29) is 11.7 Å². The molecule has 1 N–H and O–H groups in total. The summed E-state index contributed by atoms with van der Waals surface area (Å²) in [5.74, 6) is 1.75. The van der Waals surface area contributed by atoms with E-state index in [4.69, 9.17) is 9.47 Å². The summed E-state index contributed by atoms with van der Waals surface area (Å²) in [4.78, 5) is 14.1. The number of hydrogen-bond donors (Lipinski definition) is 1. The Hall–Kier alpha value is -2.76. The smallest absolute Gasteiger partial charge is 0.321 e. The van der Waals surface area contributed by atoms with Crippen molar-refractivity contribution in [2.45, 2.75) is 25.7 Å². The van der Waals surface area contributed by atoms with Gasteiger partial charge in [0.25, 0.3) is 0 Å². The average Bonchev–Trinajstić information content (AvgIpc) is 2.74. The molecule has 3 rings (SSSR count). The van der Waals surface area contributed by atoms with E-state index in [0.717, 1.165) is 37.2 Å². The number of methoxy groups -OCH3 is 2. The van der Waals surface area contributed by atoms with Gasteiger partial charge in [0, 0.05) is 19.2 Å². The number of rotatable bonds is 6. The number of halogens is 1. The van der Waals surface area contributed by atoms with Crippen molar-refractivity contribution in [2.24, 2.45) is 5.92 Å². The number of para-hydroxylation sites is 1. The number of urea groups is 1. The molecule has 0 saturated carbocycles. The van der Waals surface area contributed by atoms with Crippen LogP contribution in [0.1, 0.15) is 24.8 Å². The number of carbonyl (C=O) groups is 1. The van der Waals surface area contributed by atoms with E-state index in [9.17, 15) is 9.18 Å². The summed E-state index contributed by atoms with van der Waals surface area (Å²) >= 11 is 0. The van der Waals surface area contributed by atoms with Gasteiger partial charge in [-0.3, -0.25) is 0 Å². The van der Waals surface area contributed by atoms with Gasteiger partial charge in [0.1, 0.15) is 17.3 Å². The molecule has 6 heteroatoms. The van der Waals surface area contributed by atoms with Gasteiger partial charge in [-0.15, -0.1) is 0 Å². The molecule has 1 heterocycles. The van der Waals surface area contributed by atoms with Crippen molar-refractivity contribution in [3.63, 3.8) is 0 Å². The average molecular weight is 386 g/mol. The zero-order chi connectivity index (χ0) is 19.9. The Morgan fingerprint density at radius 3 is 2.36 bits per heavy atom. The minimum atomic E-state index is -0.417. The zero-order valence-corrected chi connectivity index (χ0v) is 16.4. The van der Waals surface area contributed by atoms with Crippen LogP contribution in [0.3, 0.4) is 0 Å². The van der Waals surface area contributed by atoms with Crippen molar-refractivity contribution in [3.8, 4) is 11.5 Å². The van der Waals surface area contributed by atoms with Gasteiger partial charge in [0.15, 0.2) is 0 Å². The van der Waals surface area contributed by atoms with Gasteiger partial charge in [0.05, 0.1) is 19.9 Å². The number of piperidine rings is 1. The predicted molar refractivity (Wildman–Crippen MR) is 108 cm³/mol. The number of carbonyl (C=O) groups excluding carboxylic acids is 1. The maximum atomic E-state index is 13.7. The van der Waals surface area contributed by atoms with Crippen molar-refractivity contribution >= 4 is 11.7 Å². The van der Waals surface area contributed by atoms with Crippen LogP contribution in [-0.2, 0) is 6.42 Å². The Bertz CT molecular complexity index is 782. The lowest BCUT2D eigenvalue weighted by Crippen LogP contribution is -2.41. The molecule has 0 spiro atoms. The SMILES string of the molecule is COc1cc(CCC2CCN(C(=O)Nc3ccccc3F)CC2)cc(OC)c1. The second kappa shape index (κ2) is 9.44. The summed E-state index contributed by atoms with van der Waals surface area (Å²) in [6.07, 6.45) is 3.90. The molecule has 0 unspecified atom stereocenters. The van der Waals surface area contributed by atoms with E-state index in [1.54, 1.807) is 37.3 Å². The van der Waals surface area contributed by atoms with Crippen LogP contribution >= 0.6 is 0 Å². The molecule has 2 aromatic carbocycles. The lowest BCUT2D eigenvalue weighted by Gasteiger charge is -2.32. The Morgan fingerprint density at radius 1 is 1.11 bits per heavy atom. The first-order valence-electron chi connectivity index (χ1n) is 9.61. The fraction of sp³-hybridized carbons (Fsp3) is 0.409. The molecule has 0 aromatic heterocycles. The molecular formula is C22H27FN2O3. The van der Waals surface area contributed by atoms with Gasteiger partial charge in [-0.25, -0.2) is 9.18 Å². The molecule has 1 aliphatic rings. The Labute approximate surface area is 165 Å². The van der Waals surface area contributed by atoms with Gasteiger partial charge in [-0.1, -0.05) is 12.1 Å². The molecule has 28 heavy (non-hydrogen) atoms. The second-order valence-corrected chi connectivity index (χ2v) is 7.10. The predicted octanol–water partition coefficient (Wildman–Crippen LogP) is 4.72. The van der Waals surface area contributed by atoms with Gasteiger partial charge in [0.2, 0.25) is 0 Å². The number of anilines is 1. The van der Waals surface area contributed by atoms with Crippen LogP contribution in [0, 0.1) is 11.7 Å². The molecule has 0 aliphatic carbocycles. The maximum Gasteiger partial charge on any atom is 0.321 e. The molecule has 2 aromatic rings. The van der Waals surface area contributed by atoms with E-state index < -0.39 is 5.82 Å². The van der Waals surface area contributed by atoms with Crippen molar-refractivity contribution in [2.75, 3.05) is 32.6 Å². The summed E-state index contributed by atoms with van der Waals surface area (Å²) in [7, 11) is 3.31. The highest BCUT2D eigenvalue weighted by Crippen LogP contribution is 2.27. The molecule has 150 valence electrons. The highest BCUT2D eigenvalue weighted by Gasteiger charge is 2.23. The van der Waals surface area contributed by atoms with Crippen molar-refractivity contribution in [1.29, 1.82) is 0 Å². The molecule has 1 aliphatic heterocycles. The number of nitrogens with zero attached hydrogens (tertiary/aromatic N) is 1. The van der Waals surface area contributed by atoms with E-state index in [0.29, 0.717) is 19.0 Å². The third-order valence-corrected chi connectivity index (χ3v) is 5.27. The second-order valence-electron chi connectivity index (χ2n) is 7.10. The highest BCUT2D eigenvalue weighted by atomic mass is 19.1. The molecule has 5 nitrogen and oxygen atoms in total. The van der Waals surface area contributed by atoms with Crippen LogP contribution in [0.2, 0.25) is 0 Å². The fourth-order valence-corrected chi connectivity index (χ4v) is 3.56. The lowest BCUT2D eigenvalue weighted by atomic mass is 9.90. The summed E-state index contributed by atoms with van der Waals surface area (Å²) in [6.45, 7) is 1.37. The summed E-state index contributed by atoms with van der Waals surface area (Å²) in [5.41, 5.74) is 1.41. The minimum Gasteiger partial charge on any atom is -0.497 e. The summed E-state index contributed by atoms with van der Waals surface area (Å²) < 4.78 is 24.4. The Kier molecular flexibility index (Phi) is 6.74. The van der Waals surface area contributed by atoms with E-state index in [1.165, 1.54) is 11.6 Å². The Morgan fingerprint density at radius 2 is 1.75 bits per heavy atom. The van der Waals surface area contributed by atoms with Crippen LogP contribution in [0.5, 0.6) is 11.5 Å². The standard InChI is InChI=1S/C22H27FN2O3/c1-27-18-13-17(14-19(15-18)28-2)8-7-16-9-11-25(12-10-16)22(26)24-21-6-4-3-5-20(21)23/h3-6,13-16H,7-12H2,1-2H3,(H,24,26). The van der Waals surface area contributed by atoms with E-state index in [1.807, 2.05) is 18.2 Å². The molecule has 0 bridgehead atoms. The van der Waals surface area contributed by atoms with Crippen LogP contribution in [0.25, 0.3) is 0 Å². The maximum absolute atomic E-state index is 13.7. The molecular weight excluding hydrogens is 359 g/mol. The first kappa shape index (κ1) is 20.0. The number of amides is 2. The topological polar surface area (TPSA) is 50.8 Å². The monoisotopic (exact) mass is 386 g/mol. The van der Waals surface area contributed by atoms with Gasteiger partial charge < -0.3 is 19.7 Å². The molecule has 2 amide bonds. The van der Waals surface area contributed by atoms with E-state index in [2.05, 4.69) is 5.32 Å². The number of ether oxygens (including phenoxy) is 2. The highest BCUT2D eigenvalue weighted by molar-refractivity contribution is 5.89. The summed E-state index contributed by atoms with van der Waals surface area (Å²) in [5, 5.41) is 2.66. The van der Waals surface area contributed by atoms with Crippen molar-refractivity contribution < 1.29 is 18.7 Å². The molecule has 0 atom stereocenters. The zero-order valence-electron chi connectivity index (χ0n) is 16.4. The minimum absolute atomic E-state index is 0.224.